The fraction of sp³-hybridized carbons (Fsp3) is 0.423. The minimum Gasteiger partial charge on any atom is -0.444 e. The van der Waals surface area contributed by atoms with Crippen molar-refractivity contribution in [3.05, 3.63) is 71.8 Å². The predicted molar refractivity (Wildman–Crippen MR) is 126 cm³/mol. The minimum absolute atomic E-state index is 0.180. The van der Waals surface area contributed by atoms with Gasteiger partial charge >= 0.3 is 6.09 Å². The quantitative estimate of drug-likeness (QED) is 0.675. The lowest BCUT2D eigenvalue weighted by Gasteiger charge is -2.29. The third kappa shape index (κ3) is 7.34. The highest BCUT2D eigenvalue weighted by Gasteiger charge is 2.38. The molecule has 1 aliphatic rings. The summed E-state index contributed by atoms with van der Waals surface area (Å²) in [6, 6.07) is 17.8. The Morgan fingerprint density at radius 3 is 2.21 bits per heavy atom. The number of rotatable bonds is 7. The van der Waals surface area contributed by atoms with Gasteiger partial charge in [0, 0.05) is 19.5 Å². The fourth-order valence-electron chi connectivity index (χ4n) is 3.91. The monoisotopic (exact) mass is 451 g/mol. The largest absolute Gasteiger partial charge is 0.444 e. The van der Waals surface area contributed by atoms with E-state index in [9.17, 15) is 14.4 Å². The third-order valence-electron chi connectivity index (χ3n) is 5.42. The molecular weight excluding hydrogens is 418 g/mol. The highest BCUT2D eigenvalue weighted by Crippen LogP contribution is 2.20. The molecule has 1 saturated heterocycles. The average Bonchev–Trinajstić information content (AvgIpc) is 3.27. The smallest absolute Gasteiger partial charge is 0.408 e. The van der Waals surface area contributed by atoms with Crippen LogP contribution in [0, 0.1) is 0 Å². The van der Waals surface area contributed by atoms with E-state index in [2.05, 4.69) is 10.6 Å². The van der Waals surface area contributed by atoms with Crippen LogP contribution in [0.25, 0.3) is 0 Å². The van der Waals surface area contributed by atoms with E-state index in [0.29, 0.717) is 25.9 Å². The summed E-state index contributed by atoms with van der Waals surface area (Å²) in [5.74, 6) is -0.456. The SMILES string of the molecule is CC(C)(C)OC(=O)N[C@@H](Cc1ccccc1)C(=O)N1CCC[C@@H]1C(=O)NCc1ccccc1. The highest BCUT2D eigenvalue weighted by atomic mass is 16.6. The molecule has 3 amide bonds. The number of alkyl carbamates (subject to hydrolysis) is 1. The number of hydrogen-bond donors (Lipinski definition) is 2. The third-order valence-corrected chi connectivity index (χ3v) is 5.42. The molecule has 2 aromatic carbocycles. The van der Waals surface area contributed by atoms with Crippen LogP contribution in [0.4, 0.5) is 4.79 Å². The Morgan fingerprint density at radius 1 is 1.00 bits per heavy atom. The second-order valence-electron chi connectivity index (χ2n) is 9.28. The molecule has 0 saturated carbocycles. The van der Waals surface area contributed by atoms with Crippen LogP contribution in [0.2, 0.25) is 0 Å². The van der Waals surface area contributed by atoms with E-state index in [4.69, 9.17) is 4.74 Å². The lowest BCUT2D eigenvalue weighted by Crippen LogP contribution is -2.54. The van der Waals surface area contributed by atoms with Gasteiger partial charge in [0.05, 0.1) is 0 Å². The lowest BCUT2D eigenvalue weighted by molar-refractivity contribution is -0.140. The maximum absolute atomic E-state index is 13.5. The molecule has 7 heteroatoms. The maximum atomic E-state index is 13.5. The van der Waals surface area contributed by atoms with Crippen molar-refractivity contribution in [3.8, 4) is 0 Å². The summed E-state index contributed by atoms with van der Waals surface area (Å²) in [6.07, 6.45) is 0.991. The zero-order valence-corrected chi connectivity index (χ0v) is 19.5. The van der Waals surface area contributed by atoms with Gasteiger partial charge in [-0.25, -0.2) is 4.79 Å². The molecule has 0 bridgehead atoms. The van der Waals surface area contributed by atoms with Gasteiger partial charge < -0.3 is 20.3 Å². The number of benzene rings is 2. The van der Waals surface area contributed by atoms with E-state index in [1.807, 2.05) is 60.7 Å². The van der Waals surface area contributed by atoms with Gasteiger partial charge in [0.2, 0.25) is 11.8 Å². The second-order valence-corrected chi connectivity index (χ2v) is 9.28. The van der Waals surface area contributed by atoms with E-state index in [1.165, 1.54) is 0 Å². The molecule has 0 unspecified atom stereocenters. The summed E-state index contributed by atoms with van der Waals surface area (Å²) >= 11 is 0. The molecule has 2 atom stereocenters. The molecular formula is C26H33N3O4. The van der Waals surface area contributed by atoms with Gasteiger partial charge in [-0.05, 0) is 44.7 Å². The number of hydrogen-bond acceptors (Lipinski definition) is 4. The molecule has 0 spiro atoms. The summed E-state index contributed by atoms with van der Waals surface area (Å²) in [5, 5.41) is 5.67. The van der Waals surface area contributed by atoms with E-state index in [0.717, 1.165) is 17.5 Å². The van der Waals surface area contributed by atoms with Crippen molar-refractivity contribution < 1.29 is 19.1 Å². The van der Waals surface area contributed by atoms with Crippen LogP contribution in [0.5, 0.6) is 0 Å². The number of nitrogens with zero attached hydrogens (tertiary/aromatic N) is 1. The van der Waals surface area contributed by atoms with Crippen LogP contribution in [0.3, 0.4) is 0 Å². The van der Waals surface area contributed by atoms with Gasteiger partial charge in [-0.2, -0.15) is 0 Å². The molecule has 2 aromatic rings. The molecule has 0 aromatic heterocycles. The Kier molecular flexibility index (Phi) is 8.09. The van der Waals surface area contributed by atoms with Crippen molar-refractivity contribution in [2.24, 2.45) is 0 Å². The standard InChI is InChI=1S/C26H33N3O4/c1-26(2,3)33-25(32)28-21(17-19-11-6-4-7-12-19)24(31)29-16-10-15-22(29)23(30)27-18-20-13-8-5-9-14-20/h4-9,11-14,21-22H,10,15-18H2,1-3H3,(H,27,30)(H,28,32)/t21-,22+/m0/s1. The Bertz CT molecular complexity index is 941. The van der Waals surface area contributed by atoms with Crippen LogP contribution in [-0.2, 0) is 27.3 Å². The molecule has 33 heavy (non-hydrogen) atoms. The Morgan fingerprint density at radius 2 is 1.61 bits per heavy atom. The molecule has 1 aliphatic heterocycles. The van der Waals surface area contributed by atoms with Gasteiger partial charge in [0.1, 0.15) is 17.7 Å². The molecule has 1 fully saturated rings. The number of amides is 3. The van der Waals surface area contributed by atoms with Crippen LogP contribution in [0.15, 0.2) is 60.7 Å². The first kappa shape index (κ1) is 24.3. The summed E-state index contributed by atoms with van der Waals surface area (Å²) in [6.45, 7) is 6.20. The van der Waals surface area contributed by atoms with E-state index >= 15 is 0 Å². The maximum Gasteiger partial charge on any atom is 0.408 e. The second kappa shape index (κ2) is 11.0. The van der Waals surface area contributed by atoms with Gasteiger partial charge in [-0.1, -0.05) is 60.7 Å². The molecule has 2 N–H and O–H groups in total. The minimum atomic E-state index is -0.829. The highest BCUT2D eigenvalue weighted by molar-refractivity contribution is 5.92. The summed E-state index contributed by atoms with van der Waals surface area (Å²) in [5.41, 5.74) is 1.23. The Hall–Kier alpha value is -3.35. The first-order valence-electron chi connectivity index (χ1n) is 11.4. The zero-order valence-electron chi connectivity index (χ0n) is 19.5. The van der Waals surface area contributed by atoms with Crippen LogP contribution in [0.1, 0.15) is 44.7 Å². The van der Waals surface area contributed by atoms with E-state index in [-0.39, 0.29) is 11.8 Å². The van der Waals surface area contributed by atoms with Crippen molar-refractivity contribution in [2.45, 2.75) is 64.3 Å². The van der Waals surface area contributed by atoms with Gasteiger partial charge in [0.15, 0.2) is 0 Å². The van der Waals surface area contributed by atoms with Crippen molar-refractivity contribution in [1.82, 2.24) is 15.5 Å². The molecule has 0 aliphatic carbocycles. The fourth-order valence-corrected chi connectivity index (χ4v) is 3.91. The summed E-state index contributed by atoms with van der Waals surface area (Å²) in [4.78, 5) is 40.5. The molecule has 3 rings (SSSR count). The topological polar surface area (TPSA) is 87.7 Å². The first-order chi connectivity index (χ1) is 15.7. The van der Waals surface area contributed by atoms with Crippen molar-refractivity contribution in [3.63, 3.8) is 0 Å². The predicted octanol–water partition coefficient (Wildman–Crippen LogP) is 3.43. The average molecular weight is 452 g/mol. The van der Waals surface area contributed by atoms with Gasteiger partial charge in [0.25, 0.3) is 0 Å². The van der Waals surface area contributed by atoms with Crippen LogP contribution >= 0.6 is 0 Å². The van der Waals surface area contributed by atoms with Gasteiger partial charge in [-0.15, -0.1) is 0 Å². The Labute approximate surface area is 195 Å². The van der Waals surface area contributed by atoms with Crippen molar-refractivity contribution in [1.29, 1.82) is 0 Å². The van der Waals surface area contributed by atoms with Gasteiger partial charge in [-0.3, -0.25) is 9.59 Å². The van der Waals surface area contributed by atoms with Crippen LogP contribution in [-0.4, -0.2) is 47.0 Å². The molecule has 1 heterocycles. The zero-order chi connectivity index (χ0) is 23.8. The van der Waals surface area contributed by atoms with Crippen molar-refractivity contribution >= 4 is 17.9 Å². The number of carbonyl (C=O) groups is 3. The Balaban J connectivity index is 1.70. The molecule has 7 nitrogen and oxygen atoms in total. The lowest BCUT2D eigenvalue weighted by atomic mass is 10.0. The summed E-state index contributed by atoms with van der Waals surface area (Å²) < 4.78 is 5.38. The number of ether oxygens (including phenoxy) is 1. The number of likely N-dealkylation sites (tertiary alicyclic amines) is 1. The molecule has 0 radical (unpaired) electrons. The first-order valence-corrected chi connectivity index (χ1v) is 11.4. The number of carbonyl (C=O) groups excluding carboxylic acids is 3. The van der Waals surface area contributed by atoms with E-state index in [1.54, 1.807) is 25.7 Å². The van der Waals surface area contributed by atoms with Crippen LogP contribution < -0.4 is 10.6 Å². The molecule has 176 valence electrons. The van der Waals surface area contributed by atoms with E-state index < -0.39 is 23.8 Å². The normalized spacial score (nSPS) is 16.7. The van der Waals surface area contributed by atoms with Crippen molar-refractivity contribution in [2.75, 3.05) is 6.54 Å². The number of nitrogens with one attached hydrogen (secondary N) is 2. The summed E-state index contributed by atoms with van der Waals surface area (Å²) in [7, 11) is 0.